The molecule has 1 heterocycles. The maximum absolute atomic E-state index is 5.93. The van der Waals surface area contributed by atoms with Crippen molar-refractivity contribution in [1.82, 2.24) is 0 Å². The van der Waals surface area contributed by atoms with E-state index in [1.165, 1.54) is 11.1 Å². The van der Waals surface area contributed by atoms with Crippen LogP contribution in [0.5, 0.6) is 0 Å². The highest BCUT2D eigenvalue weighted by atomic mass is 16.5. The molecule has 0 amide bonds. The Morgan fingerprint density at radius 3 is 3.00 bits per heavy atom. The van der Waals surface area contributed by atoms with Crippen molar-refractivity contribution in [3.05, 3.63) is 47.3 Å². The molecule has 0 radical (unpaired) electrons. The molecule has 1 nitrogen and oxygen atoms in total. The first-order valence-electron chi connectivity index (χ1n) is 5.68. The average molecular weight is 200 g/mol. The minimum Gasteiger partial charge on any atom is -0.485 e. The highest BCUT2D eigenvalue weighted by Crippen LogP contribution is 2.42. The summed E-state index contributed by atoms with van der Waals surface area (Å²) < 4.78 is 5.93. The average Bonchev–Trinajstić information content (AvgIpc) is 2.56. The molecule has 0 fully saturated rings. The fourth-order valence-corrected chi connectivity index (χ4v) is 2.65. The molecule has 1 aliphatic heterocycles. The number of hydrogen-bond donors (Lipinski definition) is 0. The molecule has 0 saturated carbocycles. The van der Waals surface area contributed by atoms with E-state index in [1.807, 2.05) is 0 Å². The van der Waals surface area contributed by atoms with Crippen LogP contribution in [-0.2, 0) is 4.74 Å². The van der Waals surface area contributed by atoms with Gasteiger partial charge in [-0.15, -0.1) is 0 Å². The highest BCUT2D eigenvalue weighted by Gasteiger charge is 2.35. The Morgan fingerprint density at radius 2 is 2.13 bits per heavy atom. The quantitative estimate of drug-likeness (QED) is 0.582. The zero-order chi connectivity index (χ0) is 10.4. The Labute approximate surface area is 90.8 Å². The van der Waals surface area contributed by atoms with Crippen molar-refractivity contribution in [3.8, 4) is 0 Å². The number of ether oxygens (including phenoxy) is 1. The minimum atomic E-state index is 0.258. The molecule has 3 aliphatic rings. The zero-order valence-electron chi connectivity index (χ0n) is 9.23. The van der Waals surface area contributed by atoms with Crippen molar-refractivity contribution in [3.63, 3.8) is 0 Å². The molecule has 78 valence electrons. The summed E-state index contributed by atoms with van der Waals surface area (Å²) in [6.07, 6.45) is 12.5. The third kappa shape index (κ3) is 1.38. The topological polar surface area (TPSA) is 9.23 Å². The molecular formula is C14H16O. The Balaban J connectivity index is 1.97. The van der Waals surface area contributed by atoms with Crippen LogP contribution in [0.2, 0.25) is 0 Å². The van der Waals surface area contributed by atoms with Crippen LogP contribution in [0.3, 0.4) is 0 Å². The van der Waals surface area contributed by atoms with Gasteiger partial charge in [-0.25, -0.2) is 0 Å². The fourth-order valence-electron chi connectivity index (χ4n) is 2.65. The lowest BCUT2D eigenvalue weighted by atomic mass is 9.83. The summed E-state index contributed by atoms with van der Waals surface area (Å²) in [4.78, 5) is 0. The van der Waals surface area contributed by atoms with E-state index in [4.69, 9.17) is 4.74 Å². The summed E-state index contributed by atoms with van der Waals surface area (Å²) in [6.45, 7) is 4.43. The van der Waals surface area contributed by atoms with Gasteiger partial charge in [0.1, 0.15) is 11.9 Å². The lowest BCUT2D eigenvalue weighted by Gasteiger charge is -2.20. The van der Waals surface area contributed by atoms with Crippen molar-refractivity contribution in [2.45, 2.75) is 26.4 Å². The van der Waals surface area contributed by atoms with Crippen LogP contribution < -0.4 is 0 Å². The van der Waals surface area contributed by atoms with Gasteiger partial charge in [0.05, 0.1) is 0 Å². The lowest BCUT2D eigenvalue weighted by molar-refractivity contribution is 0.173. The third-order valence-corrected chi connectivity index (χ3v) is 3.45. The van der Waals surface area contributed by atoms with Crippen LogP contribution in [0.1, 0.15) is 20.3 Å². The SMILES string of the molecule is CC1=CC2C3=C(C=CC(C)C3)OC2C=C1. The maximum Gasteiger partial charge on any atom is 0.127 e. The summed E-state index contributed by atoms with van der Waals surface area (Å²) in [7, 11) is 0. The summed E-state index contributed by atoms with van der Waals surface area (Å²) in [6, 6.07) is 0. The molecule has 2 aliphatic carbocycles. The highest BCUT2D eigenvalue weighted by molar-refractivity contribution is 5.40. The van der Waals surface area contributed by atoms with E-state index in [2.05, 4.69) is 44.2 Å². The molecule has 0 aromatic carbocycles. The Kier molecular flexibility index (Phi) is 1.88. The maximum atomic E-state index is 5.93. The van der Waals surface area contributed by atoms with Gasteiger partial charge in [0.15, 0.2) is 0 Å². The van der Waals surface area contributed by atoms with Gasteiger partial charge in [-0.3, -0.25) is 0 Å². The summed E-state index contributed by atoms with van der Waals surface area (Å²) in [5.41, 5.74) is 2.86. The smallest absolute Gasteiger partial charge is 0.127 e. The van der Waals surface area contributed by atoms with E-state index in [-0.39, 0.29) is 6.10 Å². The van der Waals surface area contributed by atoms with Gasteiger partial charge in [-0.2, -0.15) is 0 Å². The molecule has 1 heteroatoms. The Morgan fingerprint density at radius 1 is 1.27 bits per heavy atom. The fraction of sp³-hybridized carbons (Fsp3) is 0.429. The predicted molar refractivity (Wildman–Crippen MR) is 61.2 cm³/mol. The molecule has 0 aromatic rings. The lowest BCUT2D eigenvalue weighted by Crippen LogP contribution is -2.17. The van der Waals surface area contributed by atoms with E-state index >= 15 is 0 Å². The first kappa shape index (κ1) is 9.02. The number of fused-ring (bicyclic) bond motifs is 2. The van der Waals surface area contributed by atoms with Gasteiger partial charge < -0.3 is 4.74 Å². The van der Waals surface area contributed by atoms with Crippen LogP contribution >= 0.6 is 0 Å². The Bertz CT molecular complexity index is 409. The molecule has 0 N–H and O–H groups in total. The van der Waals surface area contributed by atoms with Crippen molar-refractivity contribution < 1.29 is 4.74 Å². The molecular weight excluding hydrogens is 184 g/mol. The van der Waals surface area contributed by atoms with Gasteiger partial charge >= 0.3 is 0 Å². The molecule has 3 rings (SSSR count). The van der Waals surface area contributed by atoms with E-state index in [0.717, 1.165) is 12.2 Å². The van der Waals surface area contributed by atoms with Crippen molar-refractivity contribution in [2.24, 2.45) is 11.8 Å². The molecule has 0 spiro atoms. The molecule has 0 aromatic heterocycles. The predicted octanol–water partition coefficient (Wildman–Crippen LogP) is 3.37. The largest absolute Gasteiger partial charge is 0.485 e. The van der Waals surface area contributed by atoms with Crippen LogP contribution in [0.15, 0.2) is 47.3 Å². The van der Waals surface area contributed by atoms with Gasteiger partial charge in [0.25, 0.3) is 0 Å². The van der Waals surface area contributed by atoms with Crippen LogP contribution in [0.25, 0.3) is 0 Å². The van der Waals surface area contributed by atoms with Crippen molar-refractivity contribution >= 4 is 0 Å². The molecule has 3 unspecified atom stereocenters. The Hall–Kier alpha value is -1.24. The summed E-state index contributed by atoms with van der Waals surface area (Å²) in [5.74, 6) is 2.28. The minimum absolute atomic E-state index is 0.258. The van der Waals surface area contributed by atoms with E-state index in [0.29, 0.717) is 11.8 Å². The second-order valence-electron chi connectivity index (χ2n) is 4.81. The van der Waals surface area contributed by atoms with E-state index in [1.54, 1.807) is 0 Å². The third-order valence-electron chi connectivity index (χ3n) is 3.45. The van der Waals surface area contributed by atoms with Crippen molar-refractivity contribution in [2.75, 3.05) is 0 Å². The van der Waals surface area contributed by atoms with Crippen LogP contribution in [0.4, 0.5) is 0 Å². The second-order valence-corrected chi connectivity index (χ2v) is 4.81. The standard InChI is InChI=1S/C14H16O/c1-9-3-5-13-11(7-9)12-8-10(2)4-6-14(12)15-13/h3-7,10-11,13H,8H2,1-2H3. The second kappa shape index (κ2) is 3.13. The van der Waals surface area contributed by atoms with Crippen LogP contribution in [0, 0.1) is 11.8 Å². The normalized spacial score (nSPS) is 37.2. The zero-order valence-corrected chi connectivity index (χ0v) is 9.23. The van der Waals surface area contributed by atoms with Gasteiger partial charge in [-0.1, -0.05) is 30.7 Å². The number of hydrogen-bond acceptors (Lipinski definition) is 1. The first-order chi connectivity index (χ1) is 7.24. The summed E-state index contributed by atoms with van der Waals surface area (Å²) in [5, 5.41) is 0. The molecule has 0 saturated heterocycles. The van der Waals surface area contributed by atoms with Crippen LogP contribution in [-0.4, -0.2) is 6.10 Å². The number of allylic oxidation sites excluding steroid dienone is 4. The van der Waals surface area contributed by atoms with Gasteiger partial charge in [0, 0.05) is 5.92 Å². The monoisotopic (exact) mass is 200 g/mol. The van der Waals surface area contributed by atoms with E-state index in [9.17, 15) is 0 Å². The molecule has 0 bridgehead atoms. The van der Waals surface area contributed by atoms with Crippen molar-refractivity contribution in [1.29, 1.82) is 0 Å². The molecule has 15 heavy (non-hydrogen) atoms. The first-order valence-corrected chi connectivity index (χ1v) is 5.68. The molecule has 3 atom stereocenters. The van der Waals surface area contributed by atoms with Gasteiger partial charge in [0.2, 0.25) is 0 Å². The van der Waals surface area contributed by atoms with E-state index < -0.39 is 0 Å². The summed E-state index contributed by atoms with van der Waals surface area (Å²) >= 11 is 0. The van der Waals surface area contributed by atoms with Gasteiger partial charge in [-0.05, 0) is 37.0 Å². The number of rotatable bonds is 0.